The zero-order valence-corrected chi connectivity index (χ0v) is 35.3. The third-order valence-corrected chi connectivity index (χ3v) is 11.1. The largest absolute Gasteiger partial charge is 0.478 e. The molecule has 0 atom stereocenters. The van der Waals surface area contributed by atoms with Gasteiger partial charge in [0.1, 0.15) is 0 Å². The molecule has 10 heteroatoms. The molecule has 4 N–H and O–H groups in total. The summed E-state index contributed by atoms with van der Waals surface area (Å²) in [7, 11) is 0. The number of rotatable bonds is 34. The van der Waals surface area contributed by atoms with Gasteiger partial charge < -0.3 is 30.2 Å². The van der Waals surface area contributed by atoms with Gasteiger partial charge >= 0.3 is 23.9 Å². The highest BCUT2D eigenvalue weighted by molar-refractivity contribution is 6.26. The molecule has 0 aliphatic rings. The van der Waals surface area contributed by atoms with Crippen LogP contribution in [0.25, 0.3) is 10.8 Å². The summed E-state index contributed by atoms with van der Waals surface area (Å²) in [6, 6.07) is 2.60. The van der Waals surface area contributed by atoms with Gasteiger partial charge in [-0.2, -0.15) is 0 Å². The lowest BCUT2D eigenvalue weighted by Crippen LogP contribution is -2.30. The van der Waals surface area contributed by atoms with E-state index in [9.17, 15) is 39.6 Å². The van der Waals surface area contributed by atoms with Crippen LogP contribution >= 0.6 is 0 Å². The Labute approximate surface area is 337 Å². The molecule has 2 aromatic carbocycles. The van der Waals surface area contributed by atoms with Crippen LogP contribution in [0.1, 0.15) is 223 Å². The van der Waals surface area contributed by atoms with Crippen molar-refractivity contribution < 1.29 is 39.6 Å². The minimum Gasteiger partial charge on any atom is -0.478 e. The molecule has 0 saturated heterocycles. The van der Waals surface area contributed by atoms with Crippen molar-refractivity contribution in [2.24, 2.45) is 0 Å². The van der Waals surface area contributed by atoms with E-state index in [0.717, 1.165) is 154 Å². The fourth-order valence-corrected chi connectivity index (χ4v) is 7.91. The Morgan fingerprint density at radius 3 is 0.821 bits per heavy atom. The van der Waals surface area contributed by atoms with Crippen molar-refractivity contribution in [3.05, 3.63) is 34.4 Å². The summed E-state index contributed by atoms with van der Waals surface area (Å²) in [5.41, 5.74) is -1.23. The molecule has 56 heavy (non-hydrogen) atoms. The van der Waals surface area contributed by atoms with Gasteiger partial charge in [0.05, 0.1) is 33.6 Å². The highest BCUT2D eigenvalue weighted by atomic mass is 16.4. The zero-order valence-electron chi connectivity index (χ0n) is 35.3. The topological polar surface area (TPSA) is 156 Å². The molecule has 316 valence electrons. The van der Waals surface area contributed by atoms with Gasteiger partial charge in [-0.25, -0.2) is 19.2 Å². The first kappa shape index (κ1) is 48.3. The fraction of sp³-hybridized carbons (Fsp3) is 0.696. The number of unbranched alkanes of at least 4 members (excludes halogenated alkanes) is 20. The van der Waals surface area contributed by atoms with Gasteiger partial charge in [0.15, 0.2) is 0 Å². The Morgan fingerprint density at radius 2 is 0.607 bits per heavy atom. The molecule has 0 radical (unpaired) electrons. The van der Waals surface area contributed by atoms with Crippen LogP contribution in [0.15, 0.2) is 12.1 Å². The summed E-state index contributed by atoms with van der Waals surface area (Å²) in [5, 5.41) is 42.6. The first-order valence-electron chi connectivity index (χ1n) is 22.2. The maximum atomic E-state index is 13.4. The van der Waals surface area contributed by atoms with Gasteiger partial charge in [-0.05, 0) is 37.8 Å². The van der Waals surface area contributed by atoms with Crippen LogP contribution in [0.3, 0.4) is 0 Å². The van der Waals surface area contributed by atoms with Crippen molar-refractivity contribution in [2.45, 2.75) is 182 Å². The average molecular weight is 783 g/mol. The summed E-state index contributed by atoms with van der Waals surface area (Å²) in [5.74, 6) is -5.69. The average Bonchev–Trinajstić information content (AvgIpc) is 3.16. The van der Waals surface area contributed by atoms with E-state index >= 15 is 0 Å². The van der Waals surface area contributed by atoms with Crippen molar-refractivity contribution in [3.63, 3.8) is 0 Å². The van der Waals surface area contributed by atoms with E-state index in [1.165, 1.54) is 12.1 Å². The fourth-order valence-electron chi connectivity index (χ4n) is 7.91. The smallest absolute Gasteiger partial charge is 0.338 e. The molecule has 0 fully saturated rings. The SMILES string of the molecule is CCCCCCCCN(CCCCCCCC)c1cc(C(=O)O)c2c(C(=O)O)c(N(CCCCCCCC)CCCCCCCC)cc(C(=O)O)c2c1C(=O)O. The molecule has 0 spiro atoms. The number of nitrogens with zero attached hydrogens (tertiary/aromatic N) is 2. The minimum atomic E-state index is -1.43. The Balaban J connectivity index is 2.85. The summed E-state index contributed by atoms with van der Waals surface area (Å²) >= 11 is 0. The molecule has 0 saturated carbocycles. The molecule has 0 aliphatic carbocycles. The van der Waals surface area contributed by atoms with Crippen molar-refractivity contribution in [2.75, 3.05) is 36.0 Å². The van der Waals surface area contributed by atoms with Crippen LogP contribution in [0.5, 0.6) is 0 Å². The molecule has 0 aliphatic heterocycles. The van der Waals surface area contributed by atoms with Crippen LogP contribution in [-0.4, -0.2) is 70.5 Å². The Morgan fingerprint density at radius 1 is 0.375 bits per heavy atom. The summed E-state index contributed by atoms with van der Waals surface area (Å²) < 4.78 is 0. The van der Waals surface area contributed by atoms with Crippen molar-refractivity contribution >= 4 is 46.0 Å². The second-order valence-corrected chi connectivity index (χ2v) is 15.7. The van der Waals surface area contributed by atoms with E-state index in [0.29, 0.717) is 26.2 Å². The monoisotopic (exact) mass is 783 g/mol. The first-order chi connectivity index (χ1) is 27.0. The maximum Gasteiger partial charge on any atom is 0.338 e. The van der Waals surface area contributed by atoms with E-state index in [1.54, 1.807) is 0 Å². The number of carboxylic acids is 4. The summed E-state index contributed by atoms with van der Waals surface area (Å²) in [6.45, 7) is 10.5. The number of aromatic carboxylic acids is 4. The molecular weight excluding hydrogens is 709 g/mol. The normalized spacial score (nSPS) is 11.3. The molecule has 0 heterocycles. The lowest BCUT2D eigenvalue weighted by atomic mass is 9.88. The predicted molar refractivity (Wildman–Crippen MR) is 230 cm³/mol. The van der Waals surface area contributed by atoms with Crippen LogP contribution in [-0.2, 0) is 0 Å². The van der Waals surface area contributed by atoms with Gasteiger partial charge in [0, 0.05) is 37.0 Å². The third kappa shape index (κ3) is 15.6. The third-order valence-electron chi connectivity index (χ3n) is 11.1. The van der Waals surface area contributed by atoms with E-state index in [-0.39, 0.29) is 33.3 Å². The van der Waals surface area contributed by atoms with Crippen molar-refractivity contribution in [1.82, 2.24) is 0 Å². The summed E-state index contributed by atoms with van der Waals surface area (Å²) in [4.78, 5) is 56.9. The summed E-state index contributed by atoms with van der Waals surface area (Å²) in [6.07, 6.45) is 24.3. The molecule has 2 rings (SSSR count). The first-order valence-corrected chi connectivity index (χ1v) is 22.2. The van der Waals surface area contributed by atoms with E-state index in [2.05, 4.69) is 27.7 Å². The van der Waals surface area contributed by atoms with Crippen LogP contribution in [0, 0.1) is 0 Å². The standard InChI is InChI=1S/C46H74N2O8/c1-5-9-13-17-21-25-29-47(30-26-22-18-14-10-6-2)37-33-35(43(49)50)40-39(41(37)45(53)54)36(44(51)52)34-38(42(40)46(55)56)48(31-27-23-19-15-11-7-3)32-28-24-20-16-12-8-4/h33-34H,5-32H2,1-4H3,(H,49,50)(H,51,52)(H,53,54)(H,55,56). The number of fused-ring (bicyclic) bond motifs is 1. The Hall–Kier alpha value is -3.82. The highest BCUT2D eigenvalue weighted by Crippen LogP contribution is 2.41. The lowest BCUT2D eigenvalue weighted by molar-refractivity contribution is 0.0676. The number of anilines is 2. The minimum absolute atomic E-state index is 0.132. The lowest BCUT2D eigenvalue weighted by Gasteiger charge is -2.31. The second-order valence-electron chi connectivity index (χ2n) is 15.7. The zero-order chi connectivity index (χ0) is 41.3. The number of carboxylic acid groups (broad SMARTS) is 4. The number of benzene rings is 2. The van der Waals surface area contributed by atoms with Gasteiger partial charge in [-0.3, -0.25) is 0 Å². The van der Waals surface area contributed by atoms with E-state index < -0.39 is 35.0 Å². The molecular formula is C46H74N2O8. The van der Waals surface area contributed by atoms with E-state index in [4.69, 9.17) is 0 Å². The Kier molecular flexibility index (Phi) is 23.9. The molecule has 10 nitrogen and oxygen atoms in total. The Bertz CT molecular complexity index is 1360. The van der Waals surface area contributed by atoms with Crippen molar-refractivity contribution in [3.8, 4) is 0 Å². The van der Waals surface area contributed by atoms with E-state index in [1.807, 2.05) is 9.80 Å². The van der Waals surface area contributed by atoms with Gasteiger partial charge in [-0.15, -0.1) is 0 Å². The number of hydrogen-bond acceptors (Lipinski definition) is 6. The molecule has 0 amide bonds. The number of carbonyl (C=O) groups is 4. The van der Waals surface area contributed by atoms with Crippen LogP contribution in [0.2, 0.25) is 0 Å². The number of hydrogen-bond donors (Lipinski definition) is 4. The molecule has 0 aromatic heterocycles. The van der Waals surface area contributed by atoms with Gasteiger partial charge in [0.25, 0.3) is 0 Å². The molecule has 0 bridgehead atoms. The van der Waals surface area contributed by atoms with Crippen LogP contribution in [0.4, 0.5) is 11.4 Å². The predicted octanol–water partition coefficient (Wildman–Crippen LogP) is 12.7. The van der Waals surface area contributed by atoms with Crippen molar-refractivity contribution in [1.29, 1.82) is 0 Å². The molecule has 0 unspecified atom stereocenters. The maximum absolute atomic E-state index is 13.4. The van der Waals surface area contributed by atoms with Crippen LogP contribution < -0.4 is 9.80 Å². The molecule has 2 aromatic rings. The van der Waals surface area contributed by atoms with Gasteiger partial charge in [-0.1, -0.05) is 156 Å². The quantitative estimate of drug-likeness (QED) is 0.0504. The van der Waals surface area contributed by atoms with Gasteiger partial charge in [0.2, 0.25) is 0 Å². The second kappa shape index (κ2) is 27.7. The highest BCUT2D eigenvalue weighted by Gasteiger charge is 2.33.